The molecule has 1 unspecified atom stereocenters. The van der Waals surface area contributed by atoms with E-state index in [2.05, 4.69) is 13.8 Å². The average Bonchev–Trinajstić information content (AvgIpc) is 2.36. The summed E-state index contributed by atoms with van der Waals surface area (Å²) >= 11 is 0. The number of hydrogen-bond donors (Lipinski definition) is 2. The summed E-state index contributed by atoms with van der Waals surface area (Å²) in [5.41, 5.74) is -0.487. The van der Waals surface area contributed by atoms with Gasteiger partial charge in [-0.15, -0.1) is 0 Å². The minimum Gasteiger partial charge on any atom is -0.396 e. The second-order valence-corrected chi connectivity index (χ2v) is 8.73. The average molecular weight is 307 g/mol. The Labute approximate surface area is 123 Å². The number of sulfonamides is 1. The van der Waals surface area contributed by atoms with E-state index in [0.29, 0.717) is 25.4 Å². The quantitative estimate of drug-likeness (QED) is 0.737. The molecule has 0 bridgehead atoms. The van der Waals surface area contributed by atoms with E-state index in [4.69, 9.17) is 0 Å². The molecular formula is C14H29NO4S. The van der Waals surface area contributed by atoms with Gasteiger partial charge in [0.25, 0.3) is 0 Å². The largest absolute Gasteiger partial charge is 0.396 e. The summed E-state index contributed by atoms with van der Waals surface area (Å²) in [5, 5.41) is 19.4. The Balaban J connectivity index is 2.73. The van der Waals surface area contributed by atoms with Crippen LogP contribution in [0.1, 0.15) is 39.5 Å². The van der Waals surface area contributed by atoms with E-state index in [-0.39, 0.29) is 19.1 Å². The number of nitrogens with zero attached hydrogens (tertiary/aromatic N) is 1. The van der Waals surface area contributed by atoms with Crippen molar-refractivity contribution in [3.05, 3.63) is 0 Å². The summed E-state index contributed by atoms with van der Waals surface area (Å²) in [6.45, 7) is 5.16. The van der Waals surface area contributed by atoms with Gasteiger partial charge in [-0.1, -0.05) is 13.8 Å². The van der Waals surface area contributed by atoms with Crippen molar-refractivity contribution in [3.63, 3.8) is 0 Å². The van der Waals surface area contributed by atoms with Crippen LogP contribution in [0.4, 0.5) is 0 Å². The molecule has 1 fully saturated rings. The van der Waals surface area contributed by atoms with E-state index in [0.717, 1.165) is 19.3 Å². The van der Waals surface area contributed by atoms with Gasteiger partial charge in [-0.2, -0.15) is 0 Å². The molecule has 1 aliphatic heterocycles. The van der Waals surface area contributed by atoms with E-state index in [1.54, 1.807) is 0 Å². The van der Waals surface area contributed by atoms with Crippen LogP contribution in [0.3, 0.4) is 0 Å². The molecule has 0 aliphatic carbocycles. The van der Waals surface area contributed by atoms with Crippen LogP contribution >= 0.6 is 0 Å². The van der Waals surface area contributed by atoms with Gasteiger partial charge in [0.05, 0.1) is 19.5 Å². The lowest BCUT2D eigenvalue weighted by atomic mass is 9.73. The Hall–Kier alpha value is -0.170. The van der Waals surface area contributed by atoms with Crippen LogP contribution in [-0.4, -0.2) is 55.5 Å². The zero-order valence-electron chi connectivity index (χ0n) is 12.9. The molecule has 0 spiro atoms. The van der Waals surface area contributed by atoms with Gasteiger partial charge >= 0.3 is 0 Å². The number of hydrogen-bond acceptors (Lipinski definition) is 4. The lowest BCUT2D eigenvalue weighted by Gasteiger charge is -2.38. The molecule has 5 nitrogen and oxygen atoms in total. The summed E-state index contributed by atoms with van der Waals surface area (Å²) < 4.78 is 24.8. The number of rotatable bonds is 7. The molecule has 0 aromatic rings. The molecule has 0 amide bonds. The molecule has 2 N–H and O–H groups in total. The third-order valence-electron chi connectivity index (χ3n) is 4.18. The zero-order valence-corrected chi connectivity index (χ0v) is 13.7. The van der Waals surface area contributed by atoms with Crippen molar-refractivity contribution in [1.82, 2.24) is 4.31 Å². The van der Waals surface area contributed by atoms with Gasteiger partial charge in [-0.05, 0) is 37.5 Å². The first-order valence-corrected chi connectivity index (χ1v) is 9.24. The fourth-order valence-electron chi connectivity index (χ4n) is 3.36. The van der Waals surface area contributed by atoms with Crippen molar-refractivity contribution in [3.8, 4) is 0 Å². The maximum Gasteiger partial charge on any atom is 0.211 e. The maximum atomic E-state index is 11.6. The molecular weight excluding hydrogens is 278 g/mol. The van der Waals surface area contributed by atoms with Gasteiger partial charge in [0.15, 0.2) is 0 Å². The lowest BCUT2D eigenvalue weighted by Crippen LogP contribution is -2.42. The topological polar surface area (TPSA) is 77.8 Å². The zero-order chi connectivity index (χ0) is 15.4. The minimum absolute atomic E-state index is 0.0446. The molecule has 0 aromatic carbocycles. The molecule has 0 aromatic heterocycles. The Morgan fingerprint density at radius 1 is 1.30 bits per heavy atom. The summed E-state index contributed by atoms with van der Waals surface area (Å²) in [6, 6.07) is 0. The first kappa shape index (κ1) is 17.9. The SMILES string of the molecule is CC(C)CC(CO)(CO)CC1CCCN(S(C)(=O)=O)C1. The second kappa shape index (κ2) is 7.20. The number of aliphatic hydroxyl groups is 2. The van der Waals surface area contributed by atoms with Crippen molar-refractivity contribution < 1.29 is 18.6 Å². The normalized spacial score (nSPS) is 22.4. The molecule has 1 heterocycles. The predicted molar refractivity (Wildman–Crippen MR) is 79.8 cm³/mol. The van der Waals surface area contributed by atoms with Crippen LogP contribution in [0.5, 0.6) is 0 Å². The summed E-state index contributed by atoms with van der Waals surface area (Å²) in [6.07, 6.45) is 4.51. The second-order valence-electron chi connectivity index (χ2n) is 6.75. The van der Waals surface area contributed by atoms with Gasteiger partial charge in [-0.25, -0.2) is 12.7 Å². The van der Waals surface area contributed by atoms with Crippen LogP contribution in [0.2, 0.25) is 0 Å². The standard InChI is InChI=1S/C14H29NO4S/c1-12(2)7-14(10-16,11-17)8-13-5-4-6-15(9-13)20(3,18)19/h12-13,16-17H,4-11H2,1-3H3. The molecule has 0 saturated carbocycles. The number of aliphatic hydroxyl groups excluding tert-OH is 2. The van der Waals surface area contributed by atoms with Crippen molar-refractivity contribution in [2.75, 3.05) is 32.6 Å². The smallest absolute Gasteiger partial charge is 0.211 e. The van der Waals surface area contributed by atoms with Gasteiger partial charge in [-0.3, -0.25) is 0 Å². The van der Waals surface area contributed by atoms with Crippen molar-refractivity contribution in [2.24, 2.45) is 17.3 Å². The summed E-state index contributed by atoms with van der Waals surface area (Å²) in [7, 11) is -3.14. The molecule has 120 valence electrons. The highest BCUT2D eigenvalue weighted by molar-refractivity contribution is 7.88. The predicted octanol–water partition coefficient (Wildman–Crippen LogP) is 1.07. The Bertz CT molecular complexity index is 390. The molecule has 1 aliphatic rings. The number of piperidine rings is 1. The summed E-state index contributed by atoms with van der Waals surface area (Å²) in [5.74, 6) is 0.612. The highest BCUT2D eigenvalue weighted by Crippen LogP contribution is 2.36. The first-order valence-electron chi connectivity index (χ1n) is 7.39. The van der Waals surface area contributed by atoms with E-state index < -0.39 is 15.4 Å². The van der Waals surface area contributed by atoms with E-state index >= 15 is 0 Å². The fraction of sp³-hybridized carbons (Fsp3) is 1.00. The molecule has 1 rings (SSSR count). The Kier molecular flexibility index (Phi) is 6.44. The van der Waals surface area contributed by atoms with Gasteiger partial charge in [0.2, 0.25) is 10.0 Å². The lowest BCUT2D eigenvalue weighted by molar-refractivity contribution is 0.00969. The van der Waals surface area contributed by atoms with Crippen LogP contribution < -0.4 is 0 Å². The van der Waals surface area contributed by atoms with Crippen LogP contribution in [0.25, 0.3) is 0 Å². The summed E-state index contributed by atoms with van der Waals surface area (Å²) in [4.78, 5) is 0. The maximum absolute atomic E-state index is 11.6. The molecule has 1 saturated heterocycles. The van der Waals surface area contributed by atoms with Crippen LogP contribution in [0.15, 0.2) is 0 Å². The van der Waals surface area contributed by atoms with Gasteiger partial charge in [0.1, 0.15) is 0 Å². The Morgan fingerprint density at radius 3 is 2.35 bits per heavy atom. The van der Waals surface area contributed by atoms with E-state index in [9.17, 15) is 18.6 Å². The Morgan fingerprint density at radius 2 is 1.90 bits per heavy atom. The van der Waals surface area contributed by atoms with Gasteiger partial charge in [0, 0.05) is 18.5 Å². The van der Waals surface area contributed by atoms with Crippen molar-refractivity contribution in [2.45, 2.75) is 39.5 Å². The minimum atomic E-state index is -3.14. The van der Waals surface area contributed by atoms with Crippen LogP contribution in [-0.2, 0) is 10.0 Å². The van der Waals surface area contributed by atoms with Crippen molar-refractivity contribution >= 4 is 10.0 Å². The first-order chi connectivity index (χ1) is 9.22. The molecule has 6 heteroatoms. The molecule has 20 heavy (non-hydrogen) atoms. The van der Waals surface area contributed by atoms with Gasteiger partial charge < -0.3 is 10.2 Å². The molecule has 1 atom stereocenters. The highest BCUT2D eigenvalue weighted by atomic mass is 32.2. The van der Waals surface area contributed by atoms with Crippen molar-refractivity contribution in [1.29, 1.82) is 0 Å². The monoisotopic (exact) mass is 307 g/mol. The highest BCUT2D eigenvalue weighted by Gasteiger charge is 2.35. The third-order valence-corrected chi connectivity index (χ3v) is 5.45. The fourth-order valence-corrected chi connectivity index (χ4v) is 4.31. The van der Waals surface area contributed by atoms with Crippen LogP contribution in [0, 0.1) is 17.3 Å². The molecule has 0 radical (unpaired) electrons. The van der Waals surface area contributed by atoms with E-state index in [1.807, 2.05) is 0 Å². The third kappa shape index (κ3) is 4.98. The van der Waals surface area contributed by atoms with E-state index in [1.165, 1.54) is 10.6 Å².